The molecule has 3 nitrogen and oxygen atoms in total. The second-order valence-corrected chi connectivity index (χ2v) is 3.86. The Morgan fingerprint density at radius 1 is 1.00 bits per heavy atom. The molecule has 3 heteroatoms. The number of imidazole rings is 1. The Morgan fingerprint density at radius 3 is 2.53 bits per heavy atom. The Kier molecular flexibility index (Phi) is 2.29. The van der Waals surface area contributed by atoms with Crippen molar-refractivity contribution in [3.63, 3.8) is 0 Å². The first kappa shape index (κ1) is 9.90. The highest BCUT2D eigenvalue weighted by molar-refractivity contribution is 5.71. The van der Waals surface area contributed by atoms with E-state index in [9.17, 15) is 0 Å². The van der Waals surface area contributed by atoms with Gasteiger partial charge in [-0.25, -0.2) is 4.98 Å². The summed E-state index contributed by atoms with van der Waals surface area (Å²) in [7, 11) is 1.67. The first-order valence-electron chi connectivity index (χ1n) is 5.51. The van der Waals surface area contributed by atoms with Gasteiger partial charge in [0.1, 0.15) is 11.4 Å². The number of benzene rings is 2. The van der Waals surface area contributed by atoms with Gasteiger partial charge in [0, 0.05) is 0 Å². The van der Waals surface area contributed by atoms with E-state index in [0.29, 0.717) is 0 Å². The number of nitrogens with zero attached hydrogens (tertiary/aromatic N) is 1. The molecule has 1 N–H and O–H groups in total. The van der Waals surface area contributed by atoms with E-state index < -0.39 is 0 Å². The standard InChI is InChI=1S/C14H12N2O/c1-17-12-8-6-11(7-9-12)16-10-15-13-4-2-3-5-14(13)16/h2-10H,1H3/p+1. The molecule has 1 heterocycles. The minimum absolute atomic E-state index is 0.870. The van der Waals surface area contributed by atoms with Crippen LogP contribution >= 0.6 is 0 Å². The van der Waals surface area contributed by atoms with Crippen LogP contribution in [0, 0.1) is 0 Å². The van der Waals surface area contributed by atoms with E-state index in [1.807, 2.05) is 42.7 Å². The summed E-state index contributed by atoms with van der Waals surface area (Å²) in [5, 5.41) is 0. The van der Waals surface area contributed by atoms with E-state index in [1.165, 1.54) is 0 Å². The van der Waals surface area contributed by atoms with Crippen molar-refractivity contribution in [3.8, 4) is 11.4 Å². The minimum atomic E-state index is 0.870. The highest BCUT2D eigenvalue weighted by atomic mass is 16.5. The molecule has 0 saturated heterocycles. The van der Waals surface area contributed by atoms with Crippen molar-refractivity contribution >= 4 is 11.0 Å². The monoisotopic (exact) mass is 225 g/mol. The van der Waals surface area contributed by atoms with Crippen molar-refractivity contribution in [2.24, 2.45) is 0 Å². The predicted octanol–water partition coefficient (Wildman–Crippen LogP) is 2.45. The summed E-state index contributed by atoms with van der Waals surface area (Å²) >= 11 is 0. The summed E-state index contributed by atoms with van der Waals surface area (Å²) < 4.78 is 7.28. The van der Waals surface area contributed by atoms with Crippen LogP contribution in [0.15, 0.2) is 54.9 Å². The number of fused-ring (bicyclic) bond motifs is 1. The van der Waals surface area contributed by atoms with Crippen molar-refractivity contribution in [1.29, 1.82) is 0 Å². The Balaban J connectivity index is 2.13. The molecule has 0 saturated carbocycles. The van der Waals surface area contributed by atoms with Gasteiger partial charge >= 0.3 is 0 Å². The first-order chi connectivity index (χ1) is 8.38. The Bertz CT molecular complexity index is 641. The molecular formula is C14H13N2O+. The van der Waals surface area contributed by atoms with Gasteiger partial charge in [-0.05, 0) is 36.4 Å². The zero-order valence-corrected chi connectivity index (χ0v) is 9.55. The van der Waals surface area contributed by atoms with Crippen LogP contribution < -0.4 is 9.30 Å². The molecule has 0 amide bonds. The topological polar surface area (TPSA) is 28.9 Å². The van der Waals surface area contributed by atoms with Crippen LogP contribution in [0.1, 0.15) is 0 Å². The van der Waals surface area contributed by atoms with Crippen molar-refractivity contribution < 1.29 is 9.30 Å². The lowest BCUT2D eigenvalue weighted by molar-refractivity contribution is -0.567. The molecule has 0 fully saturated rings. The fourth-order valence-corrected chi connectivity index (χ4v) is 1.97. The highest BCUT2D eigenvalue weighted by Crippen LogP contribution is 2.13. The van der Waals surface area contributed by atoms with Crippen LogP contribution in [0.4, 0.5) is 0 Å². The average molecular weight is 225 g/mol. The summed E-state index contributed by atoms with van der Waals surface area (Å²) in [6.07, 6.45) is 1.96. The maximum Gasteiger partial charge on any atom is 0.247 e. The number of hydrogen-bond donors (Lipinski definition) is 1. The average Bonchev–Trinajstić information content (AvgIpc) is 2.83. The summed E-state index contributed by atoms with van der Waals surface area (Å²) in [6.45, 7) is 0. The van der Waals surface area contributed by atoms with Crippen LogP contribution in [-0.2, 0) is 0 Å². The molecule has 0 bridgehead atoms. The van der Waals surface area contributed by atoms with Gasteiger partial charge in [-0.2, -0.15) is 4.57 Å². The molecule has 0 unspecified atom stereocenters. The van der Waals surface area contributed by atoms with E-state index in [0.717, 1.165) is 22.5 Å². The maximum atomic E-state index is 5.16. The molecule has 1 aromatic heterocycles. The number of ether oxygens (including phenoxy) is 1. The lowest BCUT2D eigenvalue weighted by Gasteiger charge is -2.00. The number of nitrogens with one attached hydrogen (secondary N) is 1. The van der Waals surface area contributed by atoms with Gasteiger partial charge in [-0.15, -0.1) is 0 Å². The molecule has 3 aromatic rings. The quantitative estimate of drug-likeness (QED) is 0.667. The van der Waals surface area contributed by atoms with E-state index in [2.05, 4.69) is 21.7 Å². The van der Waals surface area contributed by atoms with Gasteiger partial charge in [0.05, 0.1) is 7.11 Å². The maximum absolute atomic E-state index is 5.16. The third-order valence-corrected chi connectivity index (χ3v) is 2.86. The lowest BCUT2D eigenvalue weighted by atomic mass is 10.2. The summed E-state index contributed by atoms with van der Waals surface area (Å²) in [5.74, 6) is 0.870. The number of rotatable bonds is 2. The molecule has 0 aliphatic heterocycles. The summed E-state index contributed by atoms with van der Waals surface area (Å²) in [4.78, 5) is 3.25. The minimum Gasteiger partial charge on any atom is -0.497 e. The molecule has 0 aliphatic rings. The van der Waals surface area contributed by atoms with Crippen LogP contribution in [0.3, 0.4) is 0 Å². The predicted molar refractivity (Wildman–Crippen MR) is 66.4 cm³/mol. The van der Waals surface area contributed by atoms with Crippen molar-refractivity contribution in [2.75, 3.05) is 7.11 Å². The van der Waals surface area contributed by atoms with E-state index in [-0.39, 0.29) is 0 Å². The smallest absolute Gasteiger partial charge is 0.247 e. The van der Waals surface area contributed by atoms with Gasteiger partial charge < -0.3 is 4.74 Å². The number of methoxy groups -OCH3 is 1. The van der Waals surface area contributed by atoms with E-state index in [4.69, 9.17) is 4.74 Å². The van der Waals surface area contributed by atoms with Crippen molar-refractivity contribution in [2.45, 2.75) is 0 Å². The van der Waals surface area contributed by atoms with Crippen LogP contribution in [0.2, 0.25) is 0 Å². The largest absolute Gasteiger partial charge is 0.497 e. The molecule has 3 rings (SSSR count). The normalized spacial score (nSPS) is 10.6. The third-order valence-electron chi connectivity index (χ3n) is 2.86. The third kappa shape index (κ3) is 1.65. The zero-order valence-electron chi connectivity index (χ0n) is 9.55. The SMILES string of the molecule is COc1ccc(-[n+]2c[nH]c3ccccc32)cc1. The molecule has 0 spiro atoms. The van der Waals surface area contributed by atoms with Crippen molar-refractivity contribution in [3.05, 3.63) is 54.9 Å². The molecule has 84 valence electrons. The van der Waals surface area contributed by atoms with Gasteiger partial charge in [0.2, 0.25) is 6.33 Å². The number of hydrogen-bond acceptors (Lipinski definition) is 1. The van der Waals surface area contributed by atoms with Crippen LogP contribution in [0.25, 0.3) is 16.7 Å². The fourth-order valence-electron chi connectivity index (χ4n) is 1.97. The van der Waals surface area contributed by atoms with Crippen LogP contribution in [-0.4, -0.2) is 12.1 Å². The van der Waals surface area contributed by atoms with Gasteiger partial charge in [0.25, 0.3) is 0 Å². The van der Waals surface area contributed by atoms with E-state index >= 15 is 0 Å². The lowest BCUT2D eigenvalue weighted by Crippen LogP contribution is -2.28. The van der Waals surface area contributed by atoms with Crippen LogP contribution in [0.5, 0.6) is 5.75 Å². The Morgan fingerprint density at radius 2 is 1.76 bits per heavy atom. The zero-order chi connectivity index (χ0) is 11.7. The number of aromatic nitrogens is 2. The molecular weight excluding hydrogens is 212 g/mol. The second-order valence-electron chi connectivity index (χ2n) is 3.86. The molecule has 17 heavy (non-hydrogen) atoms. The fraction of sp³-hybridized carbons (Fsp3) is 0.0714. The highest BCUT2D eigenvalue weighted by Gasteiger charge is 2.10. The van der Waals surface area contributed by atoms with Gasteiger partial charge in [0.15, 0.2) is 11.0 Å². The molecule has 0 aliphatic carbocycles. The Hall–Kier alpha value is -2.29. The molecule has 0 radical (unpaired) electrons. The van der Waals surface area contributed by atoms with Gasteiger partial charge in [-0.1, -0.05) is 12.1 Å². The molecule has 2 aromatic carbocycles. The number of aromatic amines is 1. The second kappa shape index (κ2) is 3.94. The summed E-state index contributed by atoms with van der Waals surface area (Å²) in [6, 6.07) is 16.2. The summed E-state index contributed by atoms with van der Waals surface area (Å²) in [5.41, 5.74) is 3.41. The van der Waals surface area contributed by atoms with E-state index in [1.54, 1.807) is 7.11 Å². The number of para-hydroxylation sites is 2. The van der Waals surface area contributed by atoms with Gasteiger partial charge in [-0.3, -0.25) is 0 Å². The first-order valence-corrected chi connectivity index (χ1v) is 5.51. The van der Waals surface area contributed by atoms with Crippen molar-refractivity contribution in [1.82, 2.24) is 4.98 Å². The molecule has 0 atom stereocenters. The Labute approximate surface area is 99.3 Å². The number of H-pyrrole nitrogens is 1.